The monoisotopic (exact) mass is 456 g/mol. The van der Waals surface area contributed by atoms with E-state index in [9.17, 15) is 5.26 Å². The lowest BCUT2D eigenvalue weighted by molar-refractivity contribution is 0.126. The first kappa shape index (κ1) is 22.4. The molecule has 0 radical (unpaired) electrons. The van der Waals surface area contributed by atoms with Crippen LogP contribution < -0.4 is 20.3 Å². The predicted octanol–water partition coefficient (Wildman–Crippen LogP) is 4.49. The molecule has 2 saturated heterocycles. The fourth-order valence-electron chi connectivity index (χ4n) is 5.36. The molecule has 34 heavy (non-hydrogen) atoms. The van der Waals surface area contributed by atoms with E-state index >= 15 is 0 Å². The molecule has 2 aliphatic rings. The summed E-state index contributed by atoms with van der Waals surface area (Å²) in [6.45, 7) is 10.3. The van der Waals surface area contributed by atoms with E-state index in [0.717, 1.165) is 65.5 Å². The minimum absolute atomic E-state index is 0.0164. The first-order chi connectivity index (χ1) is 16.4. The molecule has 1 atom stereocenters. The van der Waals surface area contributed by atoms with Gasteiger partial charge in [-0.05, 0) is 62.3 Å². The molecule has 5 rings (SSSR count). The van der Waals surface area contributed by atoms with Gasteiger partial charge in [0.15, 0.2) is 0 Å². The molecule has 176 valence electrons. The van der Waals surface area contributed by atoms with Crippen LogP contribution in [0.3, 0.4) is 0 Å². The summed E-state index contributed by atoms with van der Waals surface area (Å²) < 4.78 is 5.80. The maximum absolute atomic E-state index is 9.44. The number of rotatable bonds is 5. The molecule has 0 aliphatic carbocycles. The van der Waals surface area contributed by atoms with Crippen molar-refractivity contribution in [1.29, 1.82) is 5.26 Å². The molecule has 7 heteroatoms. The third-order valence-electron chi connectivity index (χ3n) is 7.59. The van der Waals surface area contributed by atoms with Gasteiger partial charge in [0.05, 0.1) is 36.0 Å². The summed E-state index contributed by atoms with van der Waals surface area (Å²) in [5, 5.41) is 17.5. The minimum atomic E-state index is -0.0164. The van der Waals surface area contributed by atoms with Crippen LogP contribution in [0.1, 0.15) is 48.3 Å². The van der Waals surface area contributed by atoms with Gasteiger partial charge in [-0.2, -0.15) is 5.26 Å². The lowest BCUT2D eigenvalue weighted by Crippen LogP contribution is -2.58. The number of hydrogen-bond donors (Lipinski definition) is 2. The smallest absolute Gasteiger partial charge is 0.144 e. The minimum Gasteiger partial charge on any atom is -0.495 e. The summed E-state index contributed by atoms with van der Waals surface area (Å²) in [6, 6.07) is 12.3. The molecule has 3 aromatic rings. The summed E-state index contributed by atoms with van der Waals surface area (Å²) in [5.41, 5.74) is 5.23. The van der Waals surface area contributed by atoms with Crippen molar-refractivity contribution in [2.24, 2.45) is 5.41 Å². The van der Waals surface area contributed by atoms with Gasteiger partial charge in [-0.1, -0.05) is 12.1 Å². The molecule has 1 spiro atoms. The van der Waals surface area contributed by atoms with Crippen LogP contribution in [0.2, 0.25) is 0 Å². The second-order valence-corrected chi connectivity index (χ2v) is 9.75. The number of ether oxygens (including phenoxy) is 1. The molecule has 0 saturated carbocycles. The molecule has 2 aliphatic heterocycles. The number of fused-ring (bicyclic) bond motifs is 1. The highest BCUT2D eigenvalue weighted by Gasteiger charge is 2.40. The number of nitriles is 1. The van der Waals surface area contributed by atoms with E-state index in [1.807, 2.05) is 32.0 Å². The van der Waals surface area contributed by atoms with Crippen molar-refractivity contribution in [3.63, 3.8) is 0 Å². The van der Waals surface area contributed by atoms with Crippen LogP contribution in [0, 0.1) is 30.6 Å². The third kappa shape index (κ3) is 3.92. The Morgan fingerprint density at radius 1 is 1.18 bits per heavy atom. The van der Waals surface area contributed by atoms with Gasteiger partial charge < -0.3 is 20.3 Å². The Bertz CT molecular complexity index is 1270. The second-order valence-electron chi connectivity index (χ2n) is 9.75. The summed E-state index contributed by atoms with van der Waals surface area (Å²) in [5.74, 6) is 2.36. The Hall–Kier alpha value is -3.37. The fraction of sp³-hybridized carbons (Fsp3) is 0.444. The molecular weight excluding hydrogens is 424 g/mol. The Labute approximate surface area is 201 Å². The number of methoxy groups -OCH3 is 1. The molecule has 0 amide bonds. The average Bonchev–Trinajstić information content (AvgIpc) is 2.82. The Kier molecular flexibility index (Phi) is 5.78. The SMILES string of the molecule is COc1cc2nc(C)nc(N[C@H](C)c3cccc(C#N)c3C)c2cc1N1CCC2(CC1)CNC2. The van der Waals surface area contributed by atoms with Crippen molar-refractivity contribution < 1.29 is 4.74 Å². The standard InChI is InChI=1S/C27H32N6O/c1-17-20(14-28)6-5-7-21(17)18(2)30-26-22-12-24(25(34-4)13-23(22)31-19(3)32-26)33-10-8-27(9-11-33)15-29-16-27/h5-7,12-13,18,29H,8-11,15-16H2,1-4H3,(H,30,31,32)/t18-/m1/s1. The number of hydrogen-bond acceptors (Lipinski definition) is 7. The highest BCUT2D eigenvalue weighted by Crippen LogP contribution is 2.41. The second kappa shape index (κ2) is 8.77. The zero-order valence-electron chi connectivity index (χ0n) is 20.4. The van der Waals surface area contributed by atoms with Gasteiger partial charge in [0.1, 0.15) is 17.4 Å². The van der Waals surface area contributed by atoms with Crippen LogP contribution in [-0.2, 0) is 0 Å². The zero-order valence-corrected chi connectivity index (χ0v) is 20.4. The van der Waals surface area contributed by atoms with Crippen LogP contribution in [0.25, 0.3) is 10.9 Å². The van der Waals surface area contributed by atoms with Crippen molar-refractivity contribution >= 4 is 22.4 Å². The molecule has 2 N–H and O–H groups in total. The van der Waals surface area contributed by atoms with E-state index in [1.165, 1.54) is 12.8 Å². The number of piperidine rings is 1. The maximum atomic E-state index is 9.44. The first-order valence-corrected chi connectivity index (χ1v) is 12.0. The van der Waals surface area contributed by atoms with Crippen LogP contribution in [0.4, 0.5) is 11.5 Å². The van der Waals surface area contributed by atoms with Crippen molar-refractivity contribution in [3.8, 4) is 11.8 Å². The number of nitrogens with zero attached hydrogens (tertiary/aromatic N) is 4. The molecule has 0 bridgehead atoms. The lowest BCUT2D eigenvalue weighted by Gasteiger charge is -2.49. The van der Waals surface area contributed by atoms with Crippen molar-refractivity contribution in [3.05, 3.63) is 52.8 Å². The van der Waals surface area contributed by atoms with E-state index in [4.69, 9.17) is 14.7 Å². The van der Waals surface area contributed by atoms with E-state index < -0.39 is 0 Å². The zero-order chi connectivity index (χ0) is 23.9. The quantitative estimate of drug-likeness (QED) is 0.585. The number of aromatic nitrogens is 2. The molecular formula is C27H32N6O. The van der Waals surface area contributed by atoms with Gasteiger partial charge >= 0.3 is 0 Å². The number of benzene rings is 2. The van der Waals surface area contributed by atoms with Crippen molar-refractivity contribution in [2.75, 3.05) is 43.5 Å². The molecule has 1 aromatic heterocycles. The maximum Gasteiger partial charge on any atom is 0.144 e. The van der Waals surface area contributed by atoms with Crippen molar-refractivity contribution in [2.45, 2.75) is 39.7 Å². The van der Waals surface area contributed by atoms with Gasteiger partial charge in [0.25, 0.3) is 0 Å². The van der Waals surface area contributed by atoms with E-state index in [2.05, 4.69) is 40.7 Å². The molecule has 3 heterocycles. The third-order valence-corrected chi connectivity index (χ3v) is 7.59. The topological polar surface area (TPSA) is 86.1 Å². The number of aryl methyl sites for hydroxylation is 1. The Morgan fingerprint density at radius 2 is 1.94 bits per heavy atom. The molecule has 0 unspecified atom stereocenters. The summed E-state index contributed by atoms with van der Waals surface area (Å²) in [6.07, 6.45) is 2.39. The lowest BCUT2D eigenvalue weighted by atomic mass is 9.73. The Morgan fingerprint density at radius 3 is 2.59 bits per heavy atom. The van der Waals surface area contributed by atoms with Gasteiger partial charge in [-0.25, -0.2) is 9.97 Å². The molecule has 7 nitrogen and oxygen atoms in total. The van der Waals surface area contributed by atoms with E-state index in [1.54, 1.807) is 7.11 Å². The van der Waals surface area contributed by atoms with Crippen LogP contribution >= 0.6 is 0 Å². The fourth-order valence-corrected chi connectivity index (χ4v) is 5.36. The first-order valence-electron chi connectivity index (χ1n) is 12.0. The van der Waals surface area contributed by atoms with E-state index in [-0.39, 0.29) is 6.04 Å². The van der Waals surface area contributed by atoms with Gasteiger partial charge in [-0.3, -0.25) is 0 Å². The van der Waals surface area contributed by atoms with Gasteiger partial charge in [-0.15, -0.1) is 0 Å². The van der Waals surface area contributed by atoms with Crippen LogP contribution in [0.5, 0.6) is 5.75 Å². The highest BCUT2D eigenvalue weighted by molar-refractivity contribution is 5.94. The molecule has 2 fully saturated rings. The van der Waals surface area contributed by atoms with Gasteiger partial charge in [0, 0.05) is 37.6 Å². The predicted molar refractivity (Wildman–Crippen MR) is 136 cm³/mol. The highest BCUT2D eigenvalue weighted by atomic mass is 16.5. The summed E-state index contributed by atoms with van der Waals surface area (Å²) in [7, 11) is 1.73. The summed E-state index contributed by atoms with van der Waals surface area (Å²) >= 11 is 0. The van der Waals surface area contributed by atoms with Gasteiger partial charge in [0.2, 0.25) is 0 Å². The number of anilines is 2. The number of nitrogens with one attached hydrogen (secondary N) is 2. The summed E-state index contributed by atoms with van der Waals surface area (Å²) in [4.78, 5) is 11.9. The molecule has 2 aromatic carbocycles. The van der Waals surface area contributed by atoms with Crippen molar-refractivity contribution in [1.82, 2.24) is 15.3 Å². The normalized spacial score (nSPS) is 17.8. The van der Waals surface area contributed by atoms with Crippen LogP contribution in [0.15, 0.2) is 30.3 Å². The largest absolute Gasteiger partial charge is 0.495 e. The Balaban J connectivity index is 1.51. The van der Waals surface area contributed by atoms with Crippen LogP contribution in [-0.4, -0.2) is 43.3 Å². The van der Waals surface area contributed by atoms with E-state index in [0.29, 0.717) is 16.8 Å². The average molecular weight is 457 g/mol.